The molecule has 1 aliphatic heterocycles. The number of hydrogen-bond acceptors (Lipinski definition) is 13. The van der Waals surface area contributed by atoms with Crippen molar-refractivity contribution < 1.29 is 58.6 Å². The number of nitrogens with zero attached hydrogens (tertiary/aromatic N) is 3. The van der Waals surface area contributed by atoms with Crippen LogP contribution in [0.5, 0.6) is 17.2 Å². The van der Waals surface area contributed by atoms with E-state index in [1.54, 1.807) is 13.8 Å². The number of ether oxygens (including phenoxy) is 4. The summed E-state index contributed by atoms with van der Waals surface area (Å²) < 4.78 is 22.9. The van der Waals surface area contributed by atoms with Gasteiger partial charge in [0, 0.05) is 48.3 Å². The number of azide groups is 1. The fraction of sp³-hybridized carbons (Fsp3) is 0.467. The molecule has 2 aromatic rings. The molecular weight excluding hydrogens is 594 g/mol. The molecule has 0 radical (unpaired) electrons. The third-order valence-electron chi connectivity index (χ3n) is 8.46. The molecule has 238 valence electrons. The van der Waals surface area contributed by atoms with Crippen molar-refractivity contribution in [1.29, 1.82) is 0 Å². The molecule has 45 heavy (non-hydrogen) atoms. The molecule has 1 saturated heterocycles. The molecule has 0 unspecified atom stereocenters. The highest BCUT2D eigenvalue weighted by Gasteiger charge is 2.53. The van der Waals surface area contributed by atoms with E-state index in [0.717, 1.165) is 6.92 Å². The van der Waals surface area contributed by atoms with E-state index < -0.39 is 94.2 Å². The van der Waals surface area contributed by atoms with Crippen LogP contribution >= 0.6 is 0 Å². The van der Waals surface area contributed by atoms with Gasteiger partial charge in [0.25, 0.3) is 0 Å². The molecule has 1 heterocycles. The number of carbonyl (C=O) groups is 4. The molecular formula is C30H31N3O12. The van der Waals surface area contributed by atoms with Crippen molar-refractivity contribution in [3.05, 3.63) is 62.0 Å². The van der Waals surface area contributed by atoms with Crippen LogP contribution in [-0.4, -0.2) is 74.1 Å². The molecule has 0 spiro atoms. The van der Waals surface area contributed by atoms with Crippen LogP contribution in [0.4, 0.5) is 0 Å². The highest BCUT2D eigenvalue weighted by atomic mass is 16.7. The fourth-order valence-electron chi connectivity index (χ4n) is 6.43. The summed E-state index contributed by atoms with van der Waals surface area (Å²) in [6, 6.07) is 2.87. The Morgan fingerprint density at radius 1 is 1.04 bits per heavy atom. The Morgan fingerprint density at radius 3 is 2.31 bits per heavy atom. The van der Waals surface area contributed by atoms with Crippen molar-refractivity contribution in [3.8, 4) is 17.2 Å². The molecule has 4 N–H and O–H groups in total. The SMILES string of the molecule is CC[C@@]1(O)C[C@H](O[C@H]2C[C@H](N=[N+]=[N-])[C@@H](OC(C)=O)[C@H](C)O2)c2c(O)c3c(c(O)c2[C@H]1OC(C)=O)C(=O)c1cccc(O)c1C3=O. The van der Waals surface area contributed by atoms with Gasteiger partial charge in [-0.1, -0.05) is 24.2 Å². The maximum Gasteiger partial charge on any atom is 0.303 e. The number of esters is 2. The van der Waals surface area contributed by atoms with Crippen LogP contribution in [0, 0.1) is 0 Å². The van der Waals surface area contributed by atoms with Gasteiger partial charge in [0.05, 0.1) is 34.9 Å². The van der Waals surface area contributed by atoms with Gasteiger partial charge in [-0.25, -0.2) is 0 Å². The third kappa shape index (κ3) is 5.23. The average Bonchev–Trinajstić information content (AvgIpc) is 2.96. The maximum absolute atomic E-state index is 13.7. The number of hydrogen-bond donors (Lipinski definition) is 4. The molecule has 1 fully saturated rings. The zero-order chi connectivity index (χ0) is 33.0. The summed E-state index contributed by atoms with van der Waals surface area (Å²) in [6.45, 7) is 5.41. The number of benzene rings is 2. The molecule has 7 atom stereocenters. The second-order valence-corrected chi connectivity index (χ2v) is 11.3. The number of phenolic OH excluding ortho intramolecular Hbond substituents is 3. The van der Waals surface area contributed by atoms with Gasteiger partial charge in [-0.2, -0.15) is 0 Å². The molecule has 0 aromatic heterocycles. The minimum absolute atomic E-state index is 0.0527. The molecule has 5 rings (SSSR count). The number of aromatic hydroxyl groups is 3. The smallest absolute Gasteiger partial charge is 0.303 e. The Bertz CT molecular complexity index is 1670. The first-order valence-electron chi connectivity index (χ1n) is 14.2. The molecule has 15 heteroatoms. The maximum atomic E-state index is 13.7. The number of ketones is 2. The van der Waals surface area contributed by atoms with E-state index >= 15 is 0 Å². The number of aliphatic hydroxyl groups is 1. The molecule has 3 aliphatic rings. The highest BCUT2D eigenvalue weighted by Crippen LogP contribution is 2.57. The Kier molecular flexibility index (Phi) is 8.23. The van der Waals surface area contributed by atoms with Crippen LogP contribution in [0.3, 0.4) is 0 Å². The normalized spacial score (nSPS) is 28.6. The molecule has 0 amide bonds. The van der Waals surface area contributed by atoms with Gasteiger partial charge in [-0.15, -0.1) is 0 Å². The van der Waals surface area contributed by atoms with Crippen LogP contribution in [0.2, 0.25) is 0 Å². The number of rotatable bonds is 6. The van der Waals surface area contributed by atoms with E-state index in [1.807, 2.05) is 0 Å². The lowest BCUT2D eigenvalue weighted by atomic mass is 9.70. The van der Waals surface area contributed by atoms with Gasteiger partial charge in [0.2, 0.25) is 5.78 Å². The first kappa shape index (κ1) is 31.7. The minimum Gasteiger partial charge on any atom is -0.507 e. The van der Waals surface area contributed by atoms with Crippen LogP contribution in [0.1, 0.15) is 102 Å². The van der Waals surface area contributed by atoms with Gasteiger partial charge >= 0.3 is 11.9 Å². The second kappa shape index (κ2) is 11.7. The van der Waals surface area contributed by atoms with Crippen molar-refractivity contribution in [2.75, 3.05) is 0 Å². The number of fused-ring (bicyclic) bond motifs is 3. The Balaban J connectivity index is 1.68. The van der Waals surface area contributed by atoms with Crippen LogP contribution in [0.25, 0.3) is 10.4 Å². The summed E-state index contributed by atoms with van der Waals surface area (Å²) in [7, 11) is 0. The average molecular weight is 626 g/mol. The van der Waals surface area contributed by atoms with Crippen molar-refractivity contribution in [2.45, 2.75) is 89.3 Å². The van der Waals surface area contributed by atoms with E-state index in [-0.39, 0.29) is 41.5 Å². The van der Waals surface area contributed by atoms with Gasteiger partial charge in [-0.3, -0.25) is 19.2 Å². The van der Waals surface area contributed by atoms with Crippen molar-refractivity contribution >= 4 is 23.5 Å². The predicted molar refractivity (Wildman–Crippen MR) is 150 cm³/mol. The highest BCUT2D eigenvalue weighted by molar-refractivity contribution is 6.31. The number of carbonyl (C=O) groups excluding carboxylic acids is 4. The number of phenols is 3. The zero-order valence-electron chi connectivity index (χ0n) is 24.7. The summed E-state index contributed by atoms with van der Waals surface area (Å²) in [5, 5.41) is 49.3. The summed E-state index contributed by atoms with van der Waals surface area (Å²) in [5.74, 6) is -5.46. The van der Waals surface area contributed by atoms with E-state index in [9.17, 15) is 39.6 Å². The Hall–Kier alpha value is -4.69. The van der Waals surface area contributed by atoms with Crippen LogP contribution in [-0.2, 0) is 28.5 Å². The lowest BCUT2D eigenvalue weighted by Crippen LogP contribution is -2.50. The first-order valence-corrected chi connectivity index (χ1v) is 14.2. The molecule has 2 aromatic carbocycles. The largest absolute Gasteiger partial charge is 0.507 e. The van der Waals surface area contributed by atoms with Crippen LogP contribution in [0.15, 0.2) is 23.3 Å². The summed E-state index contributed by atoms with van der Waals surface area (Å²) in [6.07, 6.45) is -6.46. The minimum atomic E-state index is -1.91. The molecule has 0 saturated carbocycles. The Labute approximate surface area is 255 Å². The summed E-state index contributed by atoms with van der Waals surface area (Å²) >= 11 is 0. The lowest BCUT2D eigenvalue weighted by molar-refractivity contribution is -0.256. The van der Waals surface area contributed by atoms with Gasteiger partial charge in [-0.05, 0) is 24.9 Å². The van der Waals surface area contributed by atoms with Gasteiger partial charge in [0.15, 0.2) is 18.2 Å². The lowest BCUT2D eigenvalue weighted by Gasteiger charge is -2.46. The summed E-state index contributed by atoms with van der Waals surface area (Å²) in [4.78, 5) is 54.0. The zero-order valence-corrected chi connectivity index (χ0v) is 24.7. The summed E-state index contributed by atoms with van der Waals surface area (Å²) in [5.41, 5.74) is 4.81. The van der Waals surface area contributed by atoms with E-state index in [4.69, 9.17) is 24.5 Å². The predicted octanol–water partition coefficient (Wildman–Crippen LogP) is 3.53. The fourth-order valence-corrected chi connectivity index (χ4v) is 6.43. The quantitative estimate of drug-likeness (QED) is 0.101. The molecule has 15 nitrogen and oxygen atoms in total. The van der Waals surface area contributed by atoms with Crippen molar-refractivity contribution in [1.82, 2.24) is 0 Å². The second-order valence-electron chi connectivity index (χ2n) is 11.3. The topological polar surface area (TPSA) is 235 Å². The van der Waals surface area contributed by atoms with E-state index in [2.05, 4.69) is 10.0 Å². The van der Waals surface area contributed by atoms with Crippen molar-refractivity contribution in [2.24, 2.45) is 5.11 Å². The molecule has 2 aliphatic carbocycles. The van der Waals surface area contributed by atoms with Crippen LogP contribution < -0.4 is 0 Å². The molecule has 0 bridgehead atoms. The van der Waals surface area contributed by atoms with Gasteiger partial charge < -0.3 is 39.4 Å². The van der Waals surface area contributed by atoms with E-state index in [1.165, 1.54) is 25.1 Å². The van der Waals surface area contributed by atoms with E-state index in [0.29, 0.717) is 0 Å². The third-order valence-corrected chi connectivity index (χ3v) is 8.46. The standard InChI is InChI=1S/C30H31N3O12/c1-5-30(41)10-17(45-18-9-15(32-33-31)28(11(2)42-18)43-12(3)34)20-23(29(30)44-13(4)35)27(40)21-22(26(20)39)25(38)19-14(24(21)37)7-6-8-16(19)36/h6-8,11,15,17-18,28-29,36,39-41H,5,9-10H2,1-4H3/t11-,15-,17-,18-,28-,29+,30+/m0/s1. The first-order chi connectivity index (χ1) is 21.2. The Morgan fingerprint density at radius 2 is 1.69 bits per heavy atom. The monoisotopic (exact) mass is 625 g/mol. The van der Waals surface area contributed by atoms with Gasteiger partial charge in [0.1, 0.15) is 29.0 Å². The van der Waals surface area contributed by atoms with Crippen molar-refractivity contribution in [3.63, 3.8) is 0 Å².